The van der Waals surface area contributed by atoms with E-state index in [1.54, 1.807) is 0 Å². The van der Waals surface area contributed by atoms with Crippen LogP contribution in [0.1, 0.15) is 23.6 Å². The van der Waals surface area contributed by atoms with Crippen LogP contribution in [0.3, 0.4) is 0 Å². The van der Waals surface area contributed by atoms with Crippen LogP contribution >= 0.6 is 27.7 Å². The van der Waals surface area contributed by atoms with Crippen LogP contribution < -0.4 is 5.73 Å². The number of fused-ring (bicyclic) bond motifs is 1. The number of hydrogen-bond acceptors (Lipinski definition) is 2. The first-order chi connectivity index (χ1) is 9.25. The van der Waals surface area contributed by atoms with Crippen molar-refractivity contribution in [3.8, 4) is 0 Å². The number of rotatable bonds is 2. The summed E-state index contributed by atoms with van der Waals surface area (Å²) in [5, 5.41) is 0.452. The van der Waals surface area contributed by atoms with E-state index in [0.717, 1.165) is 17.3 Å². The van der Waals surface area contributed by atoms with Crippen LogP contribution in [0, 0.1) is 0 Å². The first kappa shape index (κ1) is 13.2. The molecule has 0 saturated heterocycles. The van der Waals surface area contributed by atoms with Gasteiger partial charge in [0.05, 0.1) is 0 Å². The van der Waals surface area contributed by atoms with Crippen molar-refractivity contribution in [3.05, 3.63) is 64.1 Å². The molecule has 0 radical (unpaired) electrons. The minimum absolute atomic E-state index is 0.127. The molecule has 3 rings (SSSR count). The summed E-state index contributed by atoms with van der Waals surface area (Å²) < 4.78 is 1.16. The summed E-state index contributed by atoms with van der Waals surface area (Å²) in [7, 11) is 0. The van der Waals surface area contributed by atoms with Gasteiger partial charge in [-0.25, -0.2) is 0 Å². The highest BCUT2D eigenvalue weighted by Gasteiger charge is 2.27. The van der Waals surface area contributed by atoms with E-state index < -0.39 is 0 Å². The molecule has 2 aromatic carbocycles. The standard InChI is InChI=1S/C16H16BrNS/c17-13-7-3-4-8-14(13)19-15-10-9-11-5-1-2-6-12(11)16(15)18/h1-8,15-16H,9-10,18H2. The summed E-state index contributed by atoms with van der Waals surface area (Å²) in [6.45, 7) is 0. The van der Waals surface area contributed by atoms with Gasteiger partial charge in [-0.05, 0) is 52.0 Å². The van der Waals surface area contributed by atoms with E-state index in [4.69, 9.17) is 5.73 Å². The van der Waals surface area contributed by atoms with Crippen molar-refractivity contribution >= 4 is 27.7 Å². The van der Waals surface area contributed by atoms with Crippen molar-refractivity contribution < 1.29 is 0 Å². The zero-order valence-corrected chi connectivity index (χ0v) is 13.0. The number of benzene rings is 2. The van der Waals surface area contributed by atoms with Crippen LogP contribution in [-0.2, 0) is 6.42 Å². The molecule has 2 N–H and O–H groups in total. The molecule has 0 heterocycles. The van der Waals surface area contributed by atoms with Crippen molar-refractivity contribution in [1.29, 1.82) is 0 Å². The zero-order valence-electron chi connectivity index (χ0n) is 10.6. The van der Waals surface area contributed by atoms with Crippen LogP contribution in [0.5, 0.6) is 0 Å². The second-order valence-corrected chi connectivity index (χ2v) is 6.99. The van der Waals surface area contributed by atoms with E-state index >= 15 is 0 Å². The molecule has 1 nitrogen and oxygen atoms in total. The average molecular weight is 334 g/mol. The van der Waals surface area contributed by atoms with Crippen molar-refractivity contribution in [1.82, 2.24) is 0 Å². The Morgan fingerprint density at radius 3 is 2.63 bits per heavy atom. The third kappa shape index (κ3) is 2.73. The molecule has 0 aromatic heterocycles. The Morgan fingerprint density at radius 1 is 1.05 bits per heavy atom. The highest BCUT2D eigenvalue weighted by atomic mass is 79.9. The van der Waals surface area contributed by atoms with E-state index in [2.05, 4.69) is 58.4 Å². The Kier molecular flexibility index (Phi) is 3.96. The normalized spacial score (nSPS) is 22.0. The monoisotopic (exact) mass is 333 g/mol. The highest BCUT2D eigenvalue weighted by molar-refractivity contribution is 9.10. The van der Waals surface area contributed by atoms with Gasteiger partial charge in [-0.3, -0.25) is 0 Å². The van der Waals surface area contributed by atoms with Gasteiger partial charge in [0.25, 0.3) is 0 Å². The third-order valence-electron chi connectivity index (χ3n) is 3.63. The Morgan fingerprint density at radius 2 is 1.79 bits per heavy atom. The van der Waals surface area contributed by atoms with Gasteiger partial charge in [-0.1, -0.05) is 36.4 Å². The molecule has 0 fully saturated rings. The Bertz CT molecular complexity index is 584. The number of hydrogen-bond donors (Lipinski definition) is 1. The molecule has 0 spiro atoms. The van der Waals surface area contributed by atoms with Gasteiger partial charge in [0.2, 0.25) is 0 Å². The fourth-order valence-electron chi connectivity index (χ4n) is 2.60. The topological polar surface area (TPSA) is 26.0 Å². The predicted molar refractivity (Wildman–Crippen MR) is 85.5 cm³/mol. The number of aryl methyl sites for hydroxylation is 1. The first-order valence-electron chi connectivity index (χ1n) is 6.50. The summed E-state index contributed by atoms with van der Waals surface area (Å²) in [6.07, 6.45) is 2.27. The molecule has 2 aromatic rings. The molecule has 0 amide bonds. The zero-order chi connectivity index (χ0) is 13.2. The fourth-order valence-corrected chi connectivity index (χ4v) is 4.36. The Balaban J connectivity index is 1.83. The lowest BCUT2D eigenvalue weighted by Crippen LogP contribution is -2.29. The number of halogens is 1. The van der Waals surface area contributed by atoms with Crippen LogP contribution in [-0.4, -0.2) is 5.25 Å². The minimum Gasteiger partial charge on any atom is -0.323 e. The van der Waals surface area contributed by atoms with Gasteiger partial charge in [-0.15, -0.1) is 11.8 Å². The molecule has 2 atom stereocenters. The van der Waals surface area contributed by atoms with Gasteiger partial charge in [0.15, 0.2) is 0 Å². The quantitative estimate of drug-likeness (QED) is 0.871. The smallest absolute Gasteiger partial charge is 0.0421 e. The van der Waals surface area contributed by atoms with Gasteiger partial charge in [0.1, 0.15) is 0 Å². The summed E-state index contributed by atoms with van der Waals surface area (Å²) in [5.74, 6) is 0. The second-order valence-electron chi connectivity index (χ2n) is 4.85. The Hall–Kier alpha value is -0.770. The van der Waals surface area contributed by atoms with E-state index in [1.165, 1.54) is 16.0 Å². The minimum atomic E-state index is 0.127. The summed E-state index contributed by atoms with van der Waals surface area (Å²) in [4.78, 5) is 1.28. The van der Waals surface area contributed by atoms with Crippen LogP contribution in [0.25, 0.3) is 0 Å². The van der Waals surface area contributed by atoms with Crippen molar-refractivity contribution in [2.45, 2.75) is 29.0 Å². The summed E-state index contributed by atoms with van der Waals surface area (Å²) >= 11 is 5.50. The molecular weight excluding hydrogens is 318 g/mol. The lowest BCUT2D eigenvalue weighted by molar-refractivity contribution is 0.587. The SMILES string of the molecule is NC1c2ccccc2CCC1Sc1ccccc1Br. The maximum absolute atomic E-state index is 6.45. The van der Waals surface area contributed by atoms with Crippen molar-refractivity contribution in [2.24, 2.45) is 5.73 Å². The molecular formula is C16H16BrNS. The maximum atomic E-state index is 6.45. The van der Waals surface area contributed by atoms with Crippen LogP contribution in [0.15, 0.2) is 57.9 Å². The molecule has 19 heavy (non-hydrogen) atoms. The highest BCUT2D eigenvalue weighted by Crippen LogP contribution is 2.40. The molecule has 2 unspecified atom stereocenters. The predicted octanol–water partition coefficient (Wildman–Crippen LogP) is 4.56. The largest absolute Gasteiger partial charge is 0.323 e. The van der Waals surface area contributed by atoms with Crippen molar-refractivity contribution in [2.75, 3.05) is 0 Å². The molecule has 0 bridgehead atoms. The van der Waals surface area contributed by atoms with Crippen LogP contribution in [0.4, 0.5) is 0 Å². The van der Waals surface area contributed by atoms with Gasteiger partial charge >= 0.3 is 0 Å². The first-order valence-corrected chi connectivity index (χ1v) is 8.17. The van der Waals surface area contributed by atoms with E-state index in [1.807, 2.05) is 17.8 Å². The molecule has 1 aliphatic carbocycles. The molecule has 3 heteroatoms. The lowest BCUT2D eigenvalue weighted by atomic mass is 9.88. The van der Waals surface area contributed by atoms with E-state index in [-0.39, 0.29) is 6.04 Å². The maximum Gasteiger partial charge on any atom is 0.0421 e. The second kappa shape index (κ2) is 5.70. The lowest BCUT2D eigenvalue weighted by Gasteiger charge is -2.30. The molecule has 0 saturated carbocycles. The van der Waals surface area contributed by atoms with Gasteiger partial charge in [-0.2, -0.15) is 0 Å². The number of nitrogens with two attached hydrogens (primary N) is 1. The van der Waals surface area contributed by atoms with E-state index in [9.17, 15) is 0 Å². The Labute approximate surface area is 126 Å². The van der Waals surface area contributed by atoms with Crippen LogP contribution in [0.2, 0.25) is 0 Å². The fraction of sp³-hybridized carbons (Fsp3) is 0.250. The molecule has 98 valence electrons. The van der Waals surface area contributed by atoms with Gasteiger partial charge in [0, 0.05) is 20.7 Å². The number of thioether (sulfide) groups is 1. The average Bonchev–Trinajstić information content (AvgIpc) is 2.44. The molecule has 1 aliphatic rings. The summed E-state index contributed by atoms with van der Waals surface area (Å²) in [6, 6.07) is 17.1. The van der Waals surface area contributed by atoms with E-state index in [0.29, 0.717) is 5.25 Å². The molecule has 0 aliphatic heterocycles. The van der Waals surface area contributed by atoms with Crippen molar-refractivity contribution in [3.63, 3.8) is 0 Å². The van der Waals surface area contributed by atoms with Gasteiger partial charge < -0.3 is 5.73 Å². The third-order valence-corrected chi connectivity index (χ3v) is 6.02. The summed E-state index contributed by atoms with van der Waals surface area (Å²) in [5.41, 5.74) is 9.19.